The molecule has 1 heterocycles. The molecule has 1 N–H and O–H groups in total. The third kappa shape index (κ3) is 3.15. The van der Waals surface area contributed by atoms with Crippen molar-refractivity contribution in [2.45, 2.75) is 52.5 Å². The quantitative estimate of drug-likeness (QED) is 0.884. The van der Waals surface area contributed by atoms with E-state index in [1.807, 2.05) is 6.92 Å². The molecular weight excluding hydrogens is 224 g/mol. The Morgan fingerprint density at radius 1 is 1.33 bits per heavy atom. The van der Waals surface area contributed by atoms with E-state index in [1.54, 1.807) is 13.3 Å². The largest absolute Gasteiger partial charge is 0.493 e. The summed E-state index contributed by atoms with van der Waals surface area (Å²) in [4.78, 5) is 4.26. The highest BCUT2D eigenvalue weighted by Crippen LogP contribution is 2.37. The number of pyridine rings is 1. The molecule has 0 amide bonds. The van der Waals surface area contributed by atoms with Gasteiger partial charge in [0.05, 0.1) is 19.0 Å². The van der Waals surface area contributed by atoms with Crippen LogP contribution < -0.4 is 10.1 Å². The van der Waals surface area contributed by atoms with Gasteiger partial charge >= 0.3 is 0 Å². The minimum Gasteiger partial charge on any atom is -0.493 e. The summed E-state index contributed by atoms with van der Waals surface area (Å²) < 4.78 is 5.36. The molecule has 0 saturated heterocycles. The number of aryl methyl sites for hydroxylation is 1. The number of hydrogen-bond acceptors (Lipinski definition) is 3. The molecular formula is C15H24N2O. The van der Waals surface area contributed by atoms with Crippen molar-refractivity contribution >= 4 is 5.69 Å². The van der Waals surface area contributed by atoms with E-state index in [2.05, 4.69) is 30.2 Å². The van der Waals surface area contributed by atoms with Crippen LogP contribution >= 0.6 is 0 Å². The van der Waals surface area contributed by atoms with E-state index in [1.165, 1.54) is 25.7 Å². The second-order valence-electron chi connectivity index (χ2n) is 6.11. The average Bonchev–Trinajstić information content (AvgIpc) is 2.32. The number of nitrogens with one attached hydrogen (secondary N) is 1. The molecule has 0 radical (unpaired) electrons. The third-order valence-corrected chi connectivity index (χ3v) is 3.92. The maximum absolute atomic E-state index is 5.36. The van der Waals surface area contributed by atoms with Crippen LogP contribution in [0.15, 0.2) is 12.3 Å². The number of nitrogens with zero attached hydrogens (tertiary/aromatic N) is 1. The van der Waals surface area contributed by atoms with Gasteiger partial charge in [0.25, 0.3) is 0 Å². The minimum atomic E-state index is 0.510. The molecule has 1 aromatic rings. The lowest BCUT2D eigenvalue weighted by atomic mass is 9.75. The molecule has 1 aliphatic rings. The van der Waals surface area contributed by atoms with E-state index in [9.17, 15) is 0 Å². The van der Waals surface area contributed by atoms with E-state index in [4.69, 9.17) is 4.74 Å². The van der Waals surface area contributed by atoms with Crippen LogP contribution in [0.25, 0.3) is 0 Å². The lowest BCUT2D eigenvalue weighted by molar-refractivity contribution is 0.232. The lowest BCUT2D eigenvalue weighted by Crippen LogP contribution is -2.30. The van der Waals surface area contributed by atoms with Crippen LogP contribution in [0, 0.1) is 12.3 Å². The minimum absolute atomic E-state index is 0.510. The molecule has 1 aliphatic carbocycles. The van der Waals surface area contributed by atoms with Gasteiger partial charge in [0.2, 0.25) is 0 Å². The molecule has 0 unspecified atom stereocenters. The van der Waals surface area contributed by atoms with E-state index < -0.39 is 0 Å². The van der Waals surface area contributed by atoms with Gasteiger partial charge in [-0.25, -0.2) is 0 Å². The molecule has 3 heteroatoms. The fraction of sp³-hybridized carbons (Fsp3) is 0.667. The first-order chi connectivity index (χ1) is 8.50. The maximum Gasteiger partial charge on any atom is 0.160 e. The summed E-state index contributed by atoms with van der Waals surface area (Å²) in [5.41, 5.74) is 2.61. The van der Waals surface area contributed by atoms with Crippen LogP contribution in [0.1, 0.15) is 45.2 Å². The Morgan fingerprint density at radius 3 is 2.61 bits per heavy atom. The number of aromatic nitrogens is 1. The van der Waals surface area contributed by atoms with Gasteiger partial charge in [-0.1, -0.05) is 13.8 Å². The lowest BCUT2D eigenvalue weighted by Gasteiger charge is -2.35. The standard InChI is InChI=1S/C15H24N2O/c1-11-9-13(14(18-4)10-16-11)17-12-5-7-15(2,3)8-6-12/h9-10,12H,5-8H2,1-4H3,(H,16,17). The van der Waals surface area contributed by atoms with Crippen molar-refractivity contribution in [1.29, 1.82) is 0 Å². The highest BCUT2D eigenvalue weighted by molar-refractivity contribution is 5.56. The van der Waals surface area contributed by atoms with Gasteiger partial charge in [-0.05, 0) is 44.1 Å². The van der Waals surface area contributed by atoms with E-state index in [0.29, 0.717) is 11.5 Å². The predicted octanol–water partition coefficient (Wildman–Crippen LogP) is 3.78. The Kier molecular flexibility index (Phi) is 3.79. The van der Waals surface area contributed by atoms with Crippen LogP contribution in [0.2, 0.25) is 0 Å². The van der Waals surface area contributed by atoms with Crippen LogP contribution in [0.5, 0.6) is 5.75 Å². The molecule has 0 atom stereocenters. The second kappa shape index (κ2) is 5.17. The predicted molar refractivity (Wildman–Crippen MR) is 75.2 cm³/mol. The van der Waals surface area contributed by atoms with Crippen LogP contribution in [0.4, 0.5) is 5.69 Å². The zero-order chi connectivity index (χ0) is 13.2. The summed E-state index contributed by atoms with van der Waals surface area (Å²) in [6, 6.07) is 2.63. The van der Waals surface area contributed by atoms with Crippen molar-refractivity contribution in [2.24, 2.45) is 5.41 Å². The summed E-state index contributed by atoms with van der Waals surface area (Å²) in [7, 11) is 1.70. The van der Waals surface area contributed by atoms with Crippen LogP contribution in [-0.4, -0.2) is 18.1 Å². The normalized spacial score (nSPS) is 19.6. The monoisotopic (exact) mass is 248 g/mol. The van der Waals surface area contributed by atoms with Gasteiger partial charge in [0.15, 0.2) is 5.75 Å². The first kappa shape index (κ1) is 13.2. The van der Waals surface area contributed by atoms with Crippen molar-refractivity contribution in [3.05, 3.63) is 18.0 Å². The summed E-state index contributed by atoms with van der Waals surface area (Å²) in [6.07, 6.45) is 6.84. The molecule has 18 heavy (non-hydrogen) atoms. The van der Waals surface area contributed by atoms with Gasteiger partial charge in [0.1, 0.15) is 0 Å². The molecule has 1 saturated carbocycles. The summed E-state index contributed by atoms with van der Waals surface area (Å²) in [5, 5.41) is 3.61. The Hall–Kier alpha value is -1.25. The zero-order valence-electron chi connectivity index (χ0n) is 11.9. The van der Waals surface area contributed by atoms with E-state index >= 15 is 0 Å². The SMILES string of the molecule is COc1cnc(C)cc1NC1CCC(C)(C)CC1. The number of anilines is 1. The highest BCUT2D eigenvalue weighted by atomic mass is 16.5. The van der Waals surface area contributed by atoms with Crippen LogP contribution in [-0.2, 0) is 0 Å². The molecule has 2 rings (SSSR count). The Bertz CT molecular complexity index is 405. The molecule has 0 aromatic carbocycles. The average molecular weight is 248 g/mol. The van der Waals surface area contributed by atoms with Crippen molar-refractivity contribution < 1.29 is 4.74 Å². The van der Waals surface area contributed by atoms with Crippen molar-refractivity contribution in [2.75, 3.05) is 12.4 Å². The van der Waals surface area contributed by atoms with Crippen molar-refractivity contribution in [1.82, 2.24) is 4.98 Å². The van der Waals surface area contributed by atoms with Crippen molar-refractivity contribution in [3.8, 4) is 5.75 Å². The van der Waals surface area contributed by atoms with Gasteiger partial charge in [-0.15, -0.1) is 0 Å². The third-order valence-electron chi connectivity index (χ3n) is 3.92. The fourth-order valence-electron chi connectivity index (χ4n) is 2.59. The Balaban J connectivity index is 2.04. The van der Waals surface area contributed by atoms with Gasteiger partial charge in [0, 0.05) is 11.7 Å². The molecule has 0 bridgehead atoms. The Morgan fingerprint density at radius 2 is 2.00 bits per heavy atom. The molecule has 0 aliphatic heterocycles. The molecule has 1 fully saturated rings. The maximum atomic E-state index is 5.36. The number of rotatable bonds is 3. The molecule has 1 aromatic heterocycles. The van der Waals surface area contributed by atoms with Gasteiger partial charge in [-0.3, -0.25) is 4.98 Å². The van der Waals surface area contributed by atoms with E-state index in [0.717, 1.165) is 17.1 Å². The van der Waals surface area contributed by atoms with Crippen molar-refractivity contribution in [3.63, 3.8) is 0 Å². The summed E-state index contributed by atoms with van der Waals surface area (Å²) in [5.74, 6) is 0.838. The topological polar surface area (TPSA) is 34.1 Å². The molecule has 100 valence electrons. The fourth-order valence-corrected chi connectivity index (χ4v) is 2.59. The molecule has 3 nitrogen and oxygen atoms in total. The smallest absolute Gasteiger partial charge is 0.160 e. The Labute approximate surface area is 110 Å². The number of hydrogen-bond donors (Lipinski definition) is 1. The zero-order valence-corrected chi connectivity index (χ0v) is 11.9. The number of ether oxygens (including phenoxy) is 1. The highest BCUT2D eigenvalue weighted by Gasteiger charge is 2.27. The first-order valence-corrected chi connectivity index (χ1v) is 6.77. The molecule has 0 spiro atoms. The summed E-state index contributed by atoms with van der Waals surface area (Å²) in [6.45, 7) is 6.73. The van der Waals surface area contributed by atoms with Gasteiger partial charge < -0.3 is 10.1 Å². The van der Waals surface area contributed by atoms with Crippen LogP contribution in [0.3, 0.4) is 0 Å². The van der Waals surface area contributed by atoms with Gasteiger partial charge in [-0.2, -0.15) is 0 Å². The van der Waals surface area contributed by atoms with E-state index in [-0.39, 0.29) is 0 Å². The second-order valence-corrected chi connectivity index (χ2v) is 6.11. The number of methoxy groups -OCH3 is 1. The summed E-state index contributed by atoms with van der Waals surface area (Å²) >= 11 is 0. The first-order valence-electron chi connectivity index (χ1n) is 6.77.